The van der Waals surface area contributed by atoms with E-state index in [1.807, 2.05) is 12.1 Å². The van der Waals surface area contributed by atoms with Crippen molar-refractivity contribution in [3.8, 4) is 11.5 Å². The molecule has 0 aliphatic heterocycles. The first-order chi connectivity index (χ1) is 15.5. The van der Waals surface area contributed by atoms with Gasteiger partial charge in [0.05, 0.1) is 5.69 Å². The zero-order chi connectivity index (χ0) is 24.2. The van der Waals surface area contributed by atoms with E-state index in [1.54, 1.807) is 21.0 Å². The fraction of sp³-hybridized carbons (Fsp3) is 0.522. The van der Waals surface area contributed by atoms with Gasteiger partial charge in [-0.25, -0.2) is 0 Å². The number of benzene rings is 1. The average Bonchev–Trinajstić information content (AvgIpc) is 2.74. The summed E-state index contributed by atoms with van der Waals surface area (Å²) in [5.41, 5.74) is -1.72. The van der Waals surface area contributed by atoms with Crippen LogP contribution < -0.4 is 8.92 Å². The van der Waals surface area contributed by atoms with Gasteiger partial charge in [0.1, 0.15) is 11.5 Å². The number of pyridine rings is 1. The van der Waals surface area contributed by atoms with Crippen LogP contribution in [0.2, 0.25) is 0 Å². The fourth-order valence-electron chi connectivity index (χ4n) is 4.15. The molecular formula is C23H28F3NO5S. The molecule has 0 radical (unpaired) electrons. The Bertz CT molecular complexity index is 1060. The quantitative estimate of drug-likeness (QED) is 0.276. The monoisotopic (exact) mass is 487 g/mol. The third-order valence-electron chi connectivity index (χ3n) is 5.78. The van der Waals surface area contributed by atoms with Crippen molar-refractivity contribution in [3.63, 3.8) is 0 Å². The maximum absolute atomic E-state index is 12.6. The second-order valence-electron chi connectivity index (χ2n) is 8.27. The van der Waals surface area contributed by atoms with E-state index in [0.717, 1.165) is 42.6 Å². The molecule has 1 fully saturated rings. The summed E-state index contributed by atoms with van der Waals surface area (Å²) in [6.07, 6.45) is 6.01. The number of aromatic nitrogens is 1. The minimum Gasteiger partial charge on any atom is -0.466 e. The number of halogens is 3. The van der Waals surface area contributed by atoms with Gasteiger partial charge in [0.25, 0.3) is 0 Å². The largest absolute Gasteiger partial charge is 0.534 e. The van der Waals surface area contributed by atoms with E-state index in [-0.39, 0.29) is 12.5 Å². The third kappa shape index (κ3) is 6.17. The third-order valence-corrected chi connectivity index (χ3v) is 6.76. The van der Waals surface area contributed by atoms with Gasteiger partial charge in [-0.2, -0.15) is 21.6 Å². The number of ether oxygens (including phenoxy) is 2. The highest BCUT2D eigenvalue weighted by Crippen LogP contribution is 2.37. The van der Waals surface area contributed by atoms with Crippen molar-refractivity contribution in [3.05, 3.63) is 52.3 Å². The zero-order valence-electron chi connectivity index (χ0n) is 18.9. The molecule has 1 aromatic carbocycles. The first-order valence-electron chi connectivity index (χ1n) is 10.7. The first-order valence-corrected chi connectivity index (χ1v) is 12.1. The summed E-state index contributed by atoms with van der Waals surface area (Å²) in [5.74, 6) is 0.628. The van der Waals surface area contributed by atoms with E-state index < -0.39 is 15.6 Å². The van der Waals surface area contributed by atoms with E-state index >= 15 is 0 Å². The Kier molecular flexibility index (Phi) is 7.89. The van der Waals surface area contributed by atoms with E-state index in [0.29, 0.717) is 29.2 Å². The molecule has 1 saturated carbocycles. The summed E-state index contributed by atoms with van der Waals surface area (Å²) in [6.45, 7) is 3.53. The van der Waals surface area contributed by atoms with Gasteiger partial charge in [0.15, 0.2) is 6.79 Å². The van der Waals surface area contributed by atoms with Gasteiger partial charge in [0.2, 0.25) is 0 Å². The summed E-state index contributed by atoms with van der Waals surface area (Å²) in [6, 6.07) is 6.32. The predicted octanol–water partition coefficient (Wildman–Crippen LogP) is 5.55. The molecule has 6 nitrogen and oxygen atoms in total. The molecule has 0 atom stereocenters. The van der Waals surface area contributed by atoms with E-state index in [4.69, 9.17) is 14.5 Å². The minimum absolute atomic E-state index is 0.126. The Morgan fingerprint density at radius 2 is 1.70 bits per heavy atom. The molecule has 1 heterocycles. The zero-order valence-corrected chi connectivity index (χ0v) is 19.7. The smallest absolute Gasteiger partial charge is 0.466 e. The van der Waals surface area contributed by atoms with Crippen molar-refractivity contribution >= 4 is 10.1 Å². The Balaban J connectivity index is 1.88. The molecule has 182 valence electrons. The van der Waals surface area contributed by atoms with Crippen LogP contribution in [0.1, 0.15) is 66.1 Å². The molecule has 2 aromatic rings. The van der Waals surface area contributed by atoms with Crippen LogP contribution in [-0.4, -0.2) is 32.8 Å². The molecule has 0 saturated heterocycles. The fourth-order valence-corrected chi connectivity index (χ4v) is 4.60. The number of hydrogen-bond donors (Lipinski definition) is 0. The van der Waals surface area contributed by atoms with Gasteiger partial charge in [-0.3, -0.25) is 4.98 Å². The number of aryl methyl sites for hydroxylation is 2. The average molecular weight is 488 g/mol. The SMILES string of the molecule is COCOc1ccc(Cc2c(C)cc(OS(=O)(=O)C(F)(F)F)cc2C)nc1C1CCCCC1. The summed E-state index contributed by atoms with van der Waals surface area (Å²) in [4.78, 5) is 4.88. The highest BCUT2D eigenvalue weighted by Gasteiger charge is 2.48. The van der Waals surface area contributed by atoms with Crippen LogP contribution in [0.3, 0.4) is 0 Å². The second kappa shape index (κ2) is 10.3. The van der Waals surface area contributed by atoms with Gasteiger partial charge in [-0.05, 0) is 67.6 Å². The lowest BCUT2D eigenvalue weighted by atomic mass is 9.86. The van der Waals surface area contributed by atoms with Crippen molar-refractivity contribution in [2.75, 3.05) is 13.9 Å². The normalized spacial score (nSPS) is 15.5. The molecule has 0 N–H and O–H groups in total. The molecule has 3 rings (SSSR count). The number of nitrogens with zero attached hydrogens (tertiary/aromatic N) is 1. The predicted molar refractivity (Wildman–Crippen MR) is 117 cm³/mol. The number of hydrogen-bond acceptors (Lipinski definition) is 6. The Hall–Kier alpha value is -2.33. The minimum atomic E-state index is -5.72. The van der Waals surface area contributed by atoms with Crippen LogP contribution in [-0.2, 0) is 21.3 Å². The molecule has 10 heteroatoms. The summed E-state index contributed by atoms with van der Waals surface area (Å²) in [7, 11) is -4.17. The van der Waals surface area contributed by atoms with Gasteiger partial charge < -0.3 is 13.7 Å². The Morgan fingerprint density at radius 3 is 2.27 bits per heavy atom. The Labute approximate surface area is 192 Å². The maximum atomic E-state index is 12.6. The van der Waals surface area contributed by atoms with Gasteiger partial charge in [-0.1, -0.05) is 19.3 Å². The molecular weight excluding hydrogens is 459 g/mol. The molecule has 0 unspecified atom stereocenters. The Morgan fingerprint density at radius 1 is 1.06 bits per heavy atom. The maximum Gasteiger partial charge on any atom is 0.534 e. The van der Waals surface area contributed by atoms with Gasteiger partial charge >= 0.3 is 15.6 Å². The molecule has 33 heavy (non-hydrogen) atoms. The topological polar surface area (TPSA) is 74.7 Å². The number of methoxy groups -OCH3 is 1. The van der Waals surface area contributed by atoms with Crippen molar-refractivity contribution in [1.82, 2.24) is 4.98 Å². The number of alkyl halides is 3. The number of rotatable bonds is 8. The highest BCUT2D eigenvalue weighted by molar-refractivity contribution is 7.88. The first kappa shape index (κ1) is 25.3. The van der Waals surface area contributed by atoms with Crippen LogP contribution >= 0.6 is 0 Å². The van der Waals surface area contributed by atoms with E-state index in [2.05, 4.69) is 4.18 Å². The summed E-state index contributed by atoms with van der Waals surface area (Å²) in [5, 5.41) is 0. The van der Waals surface area contributed by atoms with Gasteiger partial charge in [-0.15, -0.1) is 0 Å². The molecule has 0 spiro atoms. The molecule has 1 aromatic heterocycles. The van der Waals surface area contributed by atoms with Crippen molar-refractivity contribution in [2.45, 2.75) is 63.8 Å². The molecule has 0 amide bonds. The highest BCUT2D eigenvalue weighted by atomic mass is 32.2. The lowest BCUT2D eigenvalue weighted by Crippen LogP contribution is -2.28. The van der Waals surface area contributed by atoms with E-state index in [1.165, 1.54) is 18.6 Å². The van der Waals surface area contributed by atoms with Crippen molar-refractivity contribution in [2.24, 2.45) is 0 Å². The van der Waals surface area contributed by atoms with Crippen LogP contribution in [0.4, 0.5) is 13.2 Å². The van der Waals surface area contributed by atoms with Crippen LogP contribution in [0, 0.1) is 13.8 Å². The molecule has 1 aliphatic rings. The summed E-state index contributed by atoms with van der Waals surface area (Å²) >= 11 is 0. The van der Waals surface area contributed by atoms with Crippen molar-refractivity contribution < 1.29 is 35.2 Å². The molecule has 1 aliphatic carbocycles. The summed E-state index contributed by atoms with van der Waals surface area (Å²) < 4.78 is 75.7. The standard InChI is InChI=1S/C23H28F3NO5S/c1-15-11-19(32-33(28,29)23(24,25)26)12-16(2)20(15)13-18-9-10-21(31-14-30-3)22(27-18)17-7-5-4-6-8-17/h9-12,17H,4-8,13-14H2,1-3H3. The van der Waals surface area contributed by atoms with Crippen LogP contribution in [0.25, 0.3) is 0 Å². The van der Waals surface area contributed by atoms with Crippen LogP contribution in [0.15, 0.2) is 24.3 Å². The second-order valence-corrected chi connectivity index (χ2v) is 9.81. The van der Waals surface area contributed by atoms with E-state index in [9.17, 15) is 21.6 Å². The molecule has 0 bridgehead atoms. The van der Waals surface area contributed by atoms with Crippen LogP contribution in [0.5, 0.6) is 11.5 Å². The van der Waals surface area contributed by atoms with Crippen molar-refractivity contribution in [1.29, 1.82) is 0 Å². The lowest BCUT2D eigenvalue weighted by Gasteiger charge is -2.24. The van der Waals surface area contributed by atoms with Gasteiger partial charge in [0, 0.05) is 25.1 Å². The lowest BCUT2D eigenvalue weighted by molar-refractivity contribution is -0.0500.